The number of nitrogens with zero attached hydrogens (tertiary/aromatic N) is 1. The fraction of sp³-hybridized carbons (Fsp3) is 0.533. The molecule has 2 unspecified atom stereocenters. The molecule has 1 amide bonds. The van der Waals surface area contributed by atoms with Gasteiger partial charge in [-0.15, -0.1) is 0 Å². The second-order valence-electron chi connectivity index (χ2n) is 5.27. The molecular formula is C15H20ClNO4. The zero-order valence-corrected chi connectivity index (χ0v) is 13.0. The van der Waals surface area contributed by atoms with Crippen LogP contribution in [0.3, 0.4) is 0 Å². The number of benzene rings is 1. The highest BCUT2D eigenvalue weighted by Crippen LogP contribution is 2.25. The van der Waals surface area contributed by atoms with Crippen molar-refractivity contribution in [3.05, 3.63) is 28.8 Å². The highest BCUT2D eigenvalue weighted by Gasteiger charge is 2.28. The molecule has 1 aliphatic heterocycles. The van der Waals surface area contributed by atoms with E-state index < -0.39 is 0 Å². The number of aliphatic hydroxyl groups is 1. The number of amides is 1. The Morgan fingerprint density at radius 1 is 1.52 bits per heavy atom. The van der Waals surface area contributed by atoms with E-state index in [4.69, 9.17) is 21.1 Å². The predicted octanol–water partition coefficient (Wildman–Crippen LogP) is 1.64. The molecular weight excluding hydrogens is 294 g/mol. The Morgan fingerprint density at radius 2 is 2.29 bits per heavy atom. The lowest BCUT2D eigenvalue weighted by Crippen LogP contribution is -2.51. The Labute approximate surface area is 129 Å². The summed E-state index contributed by atoms with van der Waals surface area (Å²) in [7, 11) is 0. The zero-order valence-electron chi connectivity index (χ0n) is 12.2. The van der Waals surface area contributed by atoms with E-state index in [1.807, 2.05) is 19.9 Å². The number of hydrogen-bond acceptors (Lipinski definition) is 4. The van der Waals surface area contributed by atoms with Gasteiger partial charge in [0.25, 0.3) is 5.91 Å². The van der Waals surface area contributed by atoms with E-state index in [2.05, 4.69) is 0 Å². The van der Waals surface area contributed by atoms with Crippen molar-refractivity contribution in [1.29, 1.82) is 0 Å². The third kappa shape index (κ3) is 4.33. The van der Waals surface area contributed by atoms with Crippen LogP contribution in [0.4, 0.5) is 0 Å². The highest BCUT2D eigenvalue weighted by molar-refractivity contribution is 6.32. The maximum absolute atomic E-state index is 12.2. The van der Waals surface area contributed by atoms with E-state index in [1.165, 1.54) is 0 Å². The third-order valence-corrected chi connectivity index (χ3v) is 3.63. The summed E-state index contributed by atoms with van der Waals surface area (Å²) in [4.78, 5) is 13.8. The molecule has 21 heavy (non-hydrogen) atoms. The van der Waals surface area contributed by atoms with Crippen LogP contribution in [0.15, 0.2) is 18.2 Å². The lowest BCUT2D eigenvalue weighted by atomic mass is 10.2. The van der Waals surface area contributed by atoms with Crippen LogP contribution in [0, 0.1) is 6.92 Å². The normalized spacial score (nSPS) is 22.2. The van der Waals surface area contributed by atoms with Crippen molar-refractivity contribution in [2.75, 3.05) is 26.3 Å². The predicted molar refractivity (Wildman–Crippen MR) is 79.7 cm³/mol. The van der Waals surface area contributed by atoms with Crippen molar-refractivity contribution in [3.63, 3.8) is 0 Å². The number of hydrogen-bond donors (Lipinski definition) is 1. The summed E-state index contributed by atoms with van der Waals surface area (Å²) >= 11 is 6.03. The van der Waals surface area contributed by atoms with E-state index in [0.29, 0.717) is 23.9 Å². The van der Waals surface area contributed by atoms with Crippen LogP contribution in [0.25, 0.3) is 0 Å². The summed E-state index contributed by atoms with van der Waals surface area (Å²) < 4.78 is 11.0. The zero-order chi connectivity index (χ0) is 15.4. The van der Waals surface area contributed by atoms with E-state index in [-0.39, 0.29) is 31.3 Å². The first-order chi connectivity index (χ1) is 9.99. The first-order valence-corrected chi connectivity index (χ1v) is 7.30. The number of aliphatic hydroxyl groups excluding tert-OH is 1. The van der Waals surface area contributed by atoms with Crippen LogP contribution in [0.2, 0.25) is 5.02 Å². The Hall–Kier alpha value is -1.30. The Balaban J connectivity index is 1.93. The van der Waals surface area contributed by atoms with Gasteiger partial charge in [0.15, 0.2) is 6.61 Å². The van der Waals surface area contributed by atoms with Crippen molar-refractivity contribution in [1.82, 2.24) is 4.90 Å². The summed E-state index contributed by atoms with van der Waals surface area (Å²) in [6.45, 7) is 4.51. The summed E-state index contributed by atoms with van der Waals surface area (Å²) in [6.07, 6.45) is -0.428. The van der Waals surface area contributed by atoms with Crippen molar-refractivity contribution < 1.29 is 19.4 Å². The minimum absolute atomic E-state index is 0.0754. The van der Waals surface area contributed by atoms with Crippen molar-refractivity contribution in [2.24, 2.45) is 0 Å². The molecule has 0 aromatic heterocycles. The molecule has 5 nitrogen and oxygen atoms in total. The van der Waals surface area contributed by atoms with Gasteiger partial charge in [0.05, 0.1) is 23.8 Å². The fourth-order valence-corrected chi connectivity index (χ4v) is 2.47. The van der Waals surface area contributed by atoms with Crippen molar-refractivity contribution in [2.45, 2.75) is 26.1 Å². The van der Waals surface area contributed by atoms with Gasteiger partial charge in [-0.05, 0) is 31.5 Å². The largest absolute Gasteiger partial charge is 0.482 e. The molecule has 0 bridgehead atoms. The summed E-state index contributed by atoms with van der Waals surface area (Å²) in [5.74, 6) is 0.367. The monoisotopic (exact) mass is 313 g/mol. The van der Waals surface area contributed by atoms with E-state index >= 15 is 0 Å². The minimum atomic E-state index is -0.333. The second kappa shape index (κ2) is 7.11. The highest BCUT2D eigenvalue weighted by atomic mass is 35.5. The van der Waals surface area contributed by atoms with E-state index in [9.17, 15) is 9.90 Å². The molecule has 1 saturated heterocycles. The van der Waals surface area contributed by atoms with Gasteiger partial charge in [-0.3, -0.25) is 4.79 Å². The quantitative estimate of drug-likeness (QED) is 0.918. The van der Waals surface area contributed by atoms with Crippen LogP contribution in [0.5, 0.6) is 5.75 Å². The van der Waals surface area contributed by atoms with Gasteiger partial charge in [-0.2, -0.15) is 0 Å². The molecule has 1 aromatic rings. The van der Waals surface area contributed by atoms with Gasteiger partial charge >= 0.3 is 0 Å². The van der Waals surface area contributed by atoms with Gasteiger partial charge in [0, 0.05) is 13.1 Å². The number of halogens is 1. The molecule has 2 atom stereocenters. The van der Waals surface area contributed by atoms with Gasteiger partial charge in [0.2, 0.25) is 0 Å². The number of aryl methyl sites for hydroxylation is 1. The summed E-state index contributed by atoms with van der Waals surface area (Å²) in [5.41, 5.74) is 1.02. The lowest BCUT2D eigenvalue weighted by molar-refractivity contribution is -0.149. The van der Waals surface area contributed by atoms with Crippen LogP contribution in [0.1, 0.15) is 12.5 Å². The Kier molecular flexibility index (Phi) is 5.45. The first kappa shape index (κ1) is 16.1. The van der Waals surface area contributed by atoms with Crippen molar-refractivity contribution in [3.8, 4) is 5.75 Å². The van der Waals surface area contributed by atoms with Crippen LogP contribution in [-0.2, 0) is 9.53 Å². The van der Waals surface area contributed by atoms with Gasteiger partial charge in [-0.25, -0.2) is 0 Å². The molecule has 2 rings (SSSR count). The molecule has 1 aliphatic rings. The summed E-state index contributed by atoms with van der Waals surface area (Å²) in [6, 6.07) is 5.43. The molecule has 0 radical (unpaired) electrons. The maximum Gasteiger partial charge on any atom is 0.260 e. The average Bonchev–Trinajstić information content (AvgIpc) is 2.47. The number of morpholine rings is 1. The topological polar surface area (TPSA) is 59.0 Å². The van der Waals surface area contributed by atoms with Crippen molar-refractivity contribution >= 4 is 17.5 Å². The smallest absolute Gasteiger partial charge is 0.260 e. The molecule has 116 valence electrons. The SMILES string of the molecule is Cc1ccc(Cl)c(OCC(=O)N2CC(C)OC(CO)C2)c1. The number of ether oxygens (including phenoxy) is 2. The number of carbonyl (C=O) groups excluding carboxylic acids is 1. The molecule has 1 N–H and O–H groups in total. The van der Waals surface area contributed by atoms with E-state index in [1.54, 1.807) is 17.0 Å². The molecule has 0 spiro atoms. The molecule has 6 heteroatoms. The fourth-order valence-electron chi connectivity index (χ4n) is 2.30. The minimum Gasteiger partial charge on any atom is -0.482 e. The average molecular weight is 314 g/mol. The Bertz CT molecular complexity index is 508. The number of carbonyl (C=O) groups is 1. The molecule has 0 aliphatic carbocycles. The summed E-state index contributed by atoms with van der Waals surface area (Å²) in [5, 5.41) is 9.65. The molecule has 0 saturated carbocycles. The molecule has 1 heterocycles. The third-order valence-electron chi connectivity index (χ3n) is 3.32. The van der Waals surface area contributed by atoms with Crippen LogP contribution < -0.4 is 4.74 Å². The first-order valence-electron chi connectivity index (χ1n) is 6.92. The van der Waals surface area contributed by atoms with Gasteiger partial charge in [-0.1, -0.05) is 17.7 Å². The second-order valence-corrected chi connectivity index (χ2v) is 5.68. The van der Waals surface area contributed by atoms with Crippen LogP contribution in [-0.4, -0.2) is 54.4 Å². The molecule has 1 aromatic carbocycles. The standard InChI is InChI=1S/C15H20ClNO4/c1-10-3-4-13(16)14(5-10)20-9-15(19)17-6-11(2)21-12(7-17)8-18/h3-5,11-12,18H,6-9H2,1-2H3. The maximum atomic E-state index is 12.2. The Morgan fingerprint density at radius 3 is 3.00 bits per heavy atom. The van der Waals surface area contributed by atoms with E-state index in [0.717, 1.165) is 5.56 Å². The molecule has 1 fully saturated rings. The van der Waals surface area contributed by atoms with Gasteiger partial charge in [0.1, 0.15) is 5.75 Å². The van der Waals surface area contributed by atoms with Crippen LogP contribution >= 0.6 is 11.6 Å². The number of rotatable bonds is 4. The lowest BCUT2D eigenvalue weighted by Gasteiger charge is -2.36. The van der Waals surface area contributed by atoms with Gasteiger partial charge < -0.3 is 19.5 Å².